The zero-order valence-electron chi connectivity index (χ0n) is 7.42. The highest BCUT2D eigenvalue weighted by Crippen LogP contribution is 2.29. The lowest BCUT2D eigenvalue weighted by Crippen LogP contribution is -2.37. The first-order valence-corrected chi connectivity index (χ1v) is 4.61. The Morgan fingerprint density at radius 1 is 1.36 bits per heavy atom. The molecule has 11 heavy (non-hydrogen) atoms. The van der Waals surface area contributed by atoms with Crippen LogP contribution in [0.1, 0.15) is 20.3 Å². The van der Waals surface area contributed by atoms with Gasteiger partial charge in [0.05, 0.1) is 13.2 Å². The van der Waals surface area contributed by atoms with E-state index in [1.54, 1.807) is 0 Å². The van der Waals surface area contributed by atoms with Crippen molar-refractivity contribution < 1.29 is 4.74 Å². The summed E-state index contributed by atoms with van der Waals surface area (Å²) in [5, 5.41) is 0. The van der Waals surface area contributed by atoms with Crippen LogP contribution < -0.4 is 0 Å². The molecular formula is C9H17NO. The van der Waals surface area contributed by atoms with Crippen molar-refractivity contribution in [3.8, 4) is 0 Å². The number of rotatable bonds is 1. The Balaban J connectivity index is 2.03. The maximum Gasteiger partial charge on any atom is 0.0622 e. The summed E-state index contributed by atoms with van der Waals surface area (Å²) < 4.78 is 5.50. The molecule has 2 nitrogen and oxygen atoms in total. The third kappa shape index (κ3) is 1.30. The first-order valence-electron chi connectivity index (χ1n) is 4.61. The average Bonchev–Trinajstić information content (AvgIpc) is 2.27. The molecule has 2 bridgehead atoms. The molecule has 0 amide bonds. The van der Waals surface area contributed by atoms with Crippen LogP contribution in [-0.4, -0.2) is 36.7 Å². The summed E-state index contributed by atoms with van der Waals surface area (Å²) in [6.07, 6.45) is 1.37. The van der Waals surface area contributed by atoms with Crippen LogP contribution in [0.25, 0.3) is 0 Å². The van der Waals surface area contributed by atoms with Crippen LogP contribution in [0.2, 0.25) is 0 Å². The van der Waals surface area contributed by atoms with Crippen molar-refractivity contribution in [2.75, 3.05) is 19.8 Å². The molecule has 64 valence electrons. The van der Waals surface area contributed by atoms with Gasteiger partial charge in [-0.1, -0.05) is 0 Å². The Morgan fingerprint density at radius 3 is 2.82 bits per heavy atom. The van der Waals surface area contributed by atoms with Crippen molar-refractivity contribution in [3.05, 3.63) is 0 Å². The molecule has 0 aromatic heterocycles. The number of ether oxygens (including phenoxy) is 1. The Bertz CT molecular complexity index is 146. The standard InChI is InChI=1S/C9H17NO/c1-7(2)10-4-8-3-9(10)6-11-5-8/h7-9H,3-6H2,1-2H3. The van der Waals surface area contributed by atoms with Crippen molar-refractivity contribution in [1.82, 2.24) is 4.90 Å². The van der Waals surface area contributed by atoms with E-state index in [0.717, 1.165) is 25.2 Å². The summed E-state index contributed by atoms with van der Waals surface area (Å²) in [6.45, 7) is 7.79. The average molecular weight is 155 g/mol. The normalized spacial score (nSPS) is 38.5. The van der Waals surface area contributed by atoms with Gasteiger partial charge in [-0.3, -0.25) is 4.90 Å². The van der Waals surface area contributed by atoms with Crippen LogP contribution in [0.15, 0.2) is 0 Å². The molecule has 0 saturated carbocycles. The van der Waals surface area contributed by atoms with Crippen molar-refractivity contribution in [3.63, 3.8) is 0 Å². The second-order valence-electron chi connectivity index (χ2n) is 4.08. The lowest BCUT2D eigenvalue weighted by atomic mass is 10.1. The van der Waals surface area contributed by atoms with E-state index in [9.17, 15) is 0 Å². The predicted octanol–water partition coefficient (Wildman–Crippen LogP) is 1.12. The zero-order valence-corrected chi connectivity index (χ0v) is 7.42. The van der Waals surface area contributed by atoms with E-state index in [1.807, 2.05) is 0 Å². The minimum atomic E-state index is 0.701. The van der Waals surface area contributed by atoms with Gasteiger partial charge >= 0.3 is 0 Å². The van der Waals surface area contributed by atoms with E-state index < -0.39 is 0 Å². The van der Waals surface area contributed by atoms with Crippen LogP contribution in [0.5, 0.6) is 0 Å². The van der Waals surface area contributed by atoms with Gasteiger partial charge in [-0.15, -0.1) is 0 Å². The Kier molecular flexibility index (Phi) is 1.90. The van der Waals surface area contributed by atoms with Gasteiger partial charge in [-0.25, -0.2) is 0 Å². The third-order valence-electron chi connectivity index (χ3n) is 2.87. The molecule has 2 aliphatic rings. The van der Waals surface area contributed by atoms with Crippen molar-refractivity contribution in [2.24, 2.45) is 5.92 Å². The maximum atomic E-state index is 5.50. The van der Waals surface area contributed by atoms with Gasteiger partial charge in [-0.2, -0.15) is 0 Å². The zero-order chi connectivity index (χ0) is 7.84. The lowest BCUT2D eigenvalue weighted by molar-refractivity contribution is 0.0484. The van der Waals surface area contributed by atoms with Crippen LogP contribution in [-0.2, 0) is 4.74 Å². The first-order chi connectivity index (χ1) is 5.27. The molecule has 0 aromatic carbocycles. The minimum Gasteiger partial charge on any atom is -0.379 e. The van der Waals surface area contributed by atoms with Crippen LogP contribution in [0.3, 0.4) is 0 Å². The monoisotopic (exact) mass is 155 g/mol. The van der Waals surface area contributed by atoms with Gasteiger partial charge in [0.1, 0.15) is 0 Å². The minimum absolute atomic E-state index is 0.701. The molecular weight excluding hydrogens is 138 g/mol. The van der Waals surface area contributed by atoms with Gasteiger partial charge in [0.15, 0.2) is 0 Å². The van der Waals surface area contributed by atoms with E-state index >= 15 is 0 Å². The fraction of sp³-hybridized carbons (Fsp3) is 1.00. The maximum absolute atomic E-state index is 5.50. The largest absolute Gasteiger partial charge is 0.379 e. The molecule has 2 atom stereocenters. The fourth-order valence-corrected chi connectivity index (χ4v) is 2.33. The van der Waals surface area contributed by atoms with E-state index in [4.69, 9.17) is 4.74 Å². The highest BCUT2D eigenvalue weighted by molar-refractivity contribution is 4.89. The Morgan fingerprint density at radius 2 is 2.18 bits per heavy atom. The fourth-order valence-electron chi connectivity index (χ4n) is 2.33. The van der Waals surface area contributed by atoms with Crippen molar-refractivity contribution in [2.45, 2.75) is 32.4 Å². The summed E-state index contributed by atoms with van der Waals surface area (Å²) in [6, 6.07) is 1.43. The van der Waals surface area contributed by atoms with E-state index in [0.29, 0.717) is 6.04 Å². The summed E-state index contributed by atoms with van der Waals surface area (Å²) in [5.74, 6) is 0.830. The smallest absolute Gasteiger partial charge is 0.0622 e. The van der Waals surface area contributed by atoms with E-state index in [2.05, 4.69) is 18.7 Å². The quantitative estimate of drug-likeness (QED) is 0.562. The molecule has 0 aliphatic carbocycles. The van der Waals surface area contributed by atoms with Crippen LogP contribution >= 0.6 is 0 Å². The molecule has 2 unspecified atom stereocenters. The molecule has 0 N–H and O–H groups in total. The summed E-state index contributed by atoms with van der Waals surface area (Å²) in [5.41, 5.74) is 0. The van der Waals surface area contributed by atoms with Crippen LogP contribution in [0.4, 0.5) is 0 Å². The molecule has 2 fully saturated rings. The highest BCUT2D eigenvalue weighted by atomic mass is 16.5. The number of fused-ring (bicyclic) bond motifs is 2. The summed E-state index contributed by atoms with van der Waals surface area (Å²) >= 11 is 0. The van der Waals surface area contributed by atoms with Gasteiger partial charge in [0.2, 0.25) is 0 Å². The molecule has 0 spiro atoms. The van der Waals surface area contributed by atoms with Gasteiger partial charge in [-0.05, 0) is 26.2 Å². The van der Waals surface area contributed by atoms with Crippen molar-refractivity contribution >= 4 is 0 Å². The second kappa shape index (κ2) is 2.76. The molecule has 0 aromatic rings. The number of hydrogen-bond acceptors (Lipinski definition) is 2. The van der Waals surface area contributed by atoms with Gasteiger partial charge < -0.3 is 4.74 Å². The number of likely N-dealkylation sites (tertiary alicyclic amines) is 1. The van der Waals surface area contributed by atoms with Gasteiger partial charge in [0.25, 0.3) is 0 Å². The molecule has 2 saturated heterocycles. The topological polar surface area (TPSA) is 12.5 Å². The summed E-state index contributed by atoms with van der Waals surface area (Å²) in [7, 11) is 0. The SMILES string of the molecule is CC(C)N1CC2COCC1C2. The third-order valence-corrected chi connectivity index (χ3v) is 2.87. The molecule has 2 heteroatoms. The predicted molar refractivity (Wildman–Crippen MR) is 44.6 cm³/mol. The molecule has 2 rings (SSSR count). The Labute approximate surface area is 68.5 Å². The van der Waals surface area contributed by atoms with E-state index in [1.165, 1.54) is 13.0 Å². The first kappa shape index (κ1) is 7.56. The summed E-state index contributed by atoms with van der Waals surface area (Å²) in [4.78, 5) is 2.58. The number of nitrogens with zero attached hydrogens (tertiary/aromatic N) is 1. The second-order valence-corrected chi connectivity index (χ2v) is 4.08. The van der Waals surface area contributed by atoms with E-state index in [-0.39, 0.29) is 0 Å². The van der Waals surface area contributed by atoms with Crippen molar-refractivity contribution in [1.29, 1.82) is 0 Å². The molecule has 2 aliphatic heterocycles. The molecule has 2 heterocycles. The lowest BCUT2D eigenvalue weighted by Gasteiger charge is -2.27. The molecule has 0 radical (unpaired) electrons. The van der Waals surface area contributed by atoms with Crippen LogP contribution in [0, 0.1) is 5.92 Å². The number of hydrogen-bond donors (Lipinski definition) is 0. The van der Waals surface area contributed by atoms with Gasteiger partial charge in [0, 0.05) is 18.6 Å². The highest BCUT2D eigenvalue weighted by Gasteiger charge is 2.36. The Hall–Kier alpha value is -0.0800.